The van der Waals surface area contributed by atoms with Crippen LogP contribution in [0.1, 0.15) is 42.0 Å². The zero-order valence-electron chi connectivity index (χ0n) is 18.4. The number of unbranched alkanes of at least 4 members (excludes halogenated alkanes) is 1. The molecular weight excluding hydrogens is 380 g/mol. The van der Waals surface area contributed by atoms with Crippen molar-refractivity contribution in [2.75, 3.05) is 13.2 Å². The molecule has 0 bridgehead atoms. The van der Waals surface area contributed by atoms with Gasteiger partial charge in [0.25, 0.3) is 0 Å². The maximum absolute atomic E-state index is 9.31. The molecule has 0 radical (unpaired) electrons. The van der Waals surface area contributed by atoms with Gasteiger partial charge in [-0.05, 0) is 41.7 Å². The van der Waals surface area contributed by atoms with E-state index in [1.807, 2.05) is 18.2 Å². The predicted octanol–water partition coefficient (Wildman–Crippen LogP) is 5.99. The Kier molecular flexibility index (Phi) is 9.32. The van der Waals surface area contributed by atoms with Crippen molar-refractivity contribution in [2.24, 2.45) is 0 Å². The van der Waals surface area contributed by atoms with Gasteiger partial charge in [0.1, 0.15) is 0 Å². The van der Waals surface area contributed by atoms with Crippen molar-refractivity contribution in [3.05, 3.63) is 107 Å². The normalized spacial score (nSPS) is 11.9. The molecule has 0 unspecified atom stereocenters. The molecule has 3 heteroatoms. The summed E-state index contributed by atoms with van der Waals surface area (Å²) in [7, 11) is 0. The van der Waals surface area contributed by atoms with Crippen molar-refractivity contribution in [2.45, 2.75) is 45.3 Å². The molecule has 0 N–H and O–H groups in total. The summed E-state index contributed by atoms with van der Waals surface area (Å²) in [6.07, 6.45) is 3.06. The van der Waals surface area contributed by atoms with E-state index in [0.29, 0.717) is 12.2 Å². The van der Waals surface area contributed by atoms with Gasteiger partial charge in [0.15, 0.2) is 0 Å². The number of hydrogen-bond acceptors (Lipinski definition) is 3. The van der Waals surface area contributed by atoms with E-state index in [2.05, 4.69) is 84.6 Å². The summed E-state index contributed by atoms with van der Waals surface area (Å²) >= 11 is 0. The highest BCUT2D eigenvalue weighted by atomic mass is 16.5. The van der Waals surface area contributed by atoms with Crippen LogP contribution in [0.5, 0.6) is 0 Å². The van der Waals surface area contributed by atoms with Crippen LogP contribution in [0.25, 0.3) is 0 Å². The number of nitriles is 1. The smallest absolute Gasteiger partial charge is 0.0991 e. The van der Waals surface area contributed by atoms with Gasteiger partial charge in [-0.1, -0.05) is 86.1 Å². The van der Waals surface area contributed by atoms with E-state index in [4.69, 9.17) is 4.74 Å². The van der Waals surface area contributed by atoms with Crippen LogP contribution in [0.4, 0.5) is 0 Å². The van der Waals surface area contributed by atoms with E-state index in [0.717, 1.165) is 39.0 Å². The molecule has 3 nitrogen and oxygen atoms in total. The lowest BCUT2D eigenvalue weighted by atomic mass is 10.0. The molecule has 31 heavy (non-hydrogen) atoms. The summed E-state index contributed by atoms with van der Waals surface area (Å²) in [6.45, 7) is 5.36. The number of nitrogens with zero attached hydrogens (tertiary/aromatic N) is 2. The van der Waals surface area contributed by atoms with Gasteiger partial charge in [-0.25, -0.2) is 0 Å². The molecule has 3 aromatic rings. The van der Waals surface area contributed by atoms with Gasteiger partial charge < -0.3 is 4.74 Å². The zero-order valence-corrected chi connectivity index (χ0v) is 18.4. The molecule has 3 rings (SSSR count). The van der Waals surface area contributed by atoms with Gasteiger partial charge in [-0.3, -0.25) is 4.90 Å². The van der Waals surface area contributed by atoms with Crippen LogP contribution in [0.2, 0.25) is 0 Å². The molecule has 0 fully saturated rings. The molecule has 160 valence electrons. The summed E-state index contributed by atoms with van der Waals surface area (Å²) in [4.78, 5) is 2.51. The Balaban J connectivity index is 1.84. The lowest BCUT2D eigenvalue weighted by Crippen LogP contribution is -2.39. The van der Waals surface area contributed by atoms with Gasteiger partial charge in [-0.2, -0.15) is 5.26 Å². The average Bonchev–Trinajstić information content (AvgIpc) is 2.82. The second-order valence-corrected chi connectivity index (χ2v) is 7.97. The SMILES string of the molecule is CCCCOC[C@H](Cc1cccc(C#N)c1)N(Cc1ccccc1)Cc1ccccc1. The molecule has 3 aromatic carbocycles. The van der Waals surface area contributed by atoms with E-state index in [9.17, 15) is 5.26 Å². The number of hydrogen-bond donors (Lipinski definition) is 0. The Hall–Kier alpha value is -2.93. The molecule has 0 saturated heterocycles. The Morgan fingerprint density at radius 1 is 0.839 bits per heavy atom. The average molecular weight is 413 g/mol. The molecule has 0 aromatic heterocycles. The highest BCUT2D eigenvalue weighted by Crippen LogP contribution is 2.18. The zero-order chi connectivity index (χ0) is 21.7. The van der Waals surface area contributed by atoms with Gasteiger partial charge in [0.05, 0.1) is 18.2 Å². The minimum absolute atomic E-state index is 0.214. The minimum Gasteiger partial charge on any atom is -0.380 e. The first-order chi connectivity index (χ1) is 15.3. The molecule has 0 aliphatic rings. The third-order valence-corrected chi connectivity index (χ3v) is 5.45. The second kappa shape index (κ2) is 12.7. The first kappa shape index (κ1) is 22.7. The van der Waals surface area contributed by atoms with E-state index in [1.54, 1.807) is 0 Å². The summed E-state index contributed by atoms with van der Waals surface area (Å²) in [6, 6.07) is 31.7. The van der Waals surface area contributed by atoms with E-state index < -0.39 is 0 Å². The molecule has 0 spiro atoms. The quantitative estimate of drug-likeness (QED) is 0.343. The molecule has 0 amide bonds. The van der Waals surface area contributed by atoms with Crippen molar-refractivity contribution in [3.8, 4) is 6.07 Å². The lowest BCUT2D eigenvalue weighted by Gasteiger charge is -2.32. The third kappa shape index (κ3) is 7.68. The predicted molar refractivity (Wildman–Crippen MR) is 127 cm³/mol. The van der Waals surface area contributed by atoms with Crippen molar-refractivity contribution in [1.29, 1.82) is 5.26 Å². The molecule has 0 aliphatic carbocycles. The van der Waals surface area contributed by atoms with E-state index in [-0.39, 0.29) is 6.04 Å². The third-order valence-electron chi connectivity index (χ3n) is 5.45. The second-order valence-electron chi connectivity index (χ2n) is 7.97. The van der Waals surface area contributed by atoms with Crippen LogP contribution >= 0.6 is 0 Å². The fourth-order valence-corrected chi connectivity index (χ4v) is 3.75. The monoisotopic (exact) mass is 412 g/mol. The number of benzene rings is 3. The molecule has 0 saturated carbocycles. The number of ether oxygens (including phenoxy) is 1. The van der Waals surface area contributed by atoms with E-state index in [1.165, 1.54) is 16.7 Å². The summed E-state index contributed by atoms with van der Waals surface area (Å²) in [5.74, 6) is 0. The molecule has 1 atom stereocenters. The molecule has 0 aliphatic heterocycles. The Morgan fingerprint density at radius 3 is 2.03 bits per heavy atom. The van der Waals surface area contributed by atoms with Crippen molar-refractivity contribution in [1.82, 2.24) is 4.90 Å². The lowest BCUT2D eigenvalue weighted by molar-refractivity contribution is 0.0500. The first-order valence-corrected chi connectivity index (χ1v) is 11.2. The summed E-state index contributed by atoms with van der Waals surface area (Å²) < 4.78 is 6.11. The van der Waals surface area contributed by atoms with E-state index >= 15 is 0 Å². The van der Waals surface area contributed by atoms with Gasteiger partial charge in [0.2, 0.25) is 0 Å². The highest BCUT2D eigenvalue weighted by Gasteiger charge is 2.20. The van der Waals surface area contributed by atoms with Gasteiger partial charge in [0, 0.05) is 25.7 Å². The number of rotatable bonds is 12. The fraction of sp³-hybridized carbons (Fsp3) is 0.321. The van der Waals surface area contributed by atoms with Crippen molar-refractivity contribution in [3.63, 3.8) is 0 Å². The van der Waals surface area contributed by atoms with Crippen LogP contribution in [0.15, 0.2) is 84.9 Å². The Morgan fingerprint density at radius 2 is 1.45 bits per heavy atom. The topological polar surface area (TPSA) is 36.3 Å². The maximum Gasteiger partial charge on any atom is 0.0991 e. The maximum atomic E-state index is 9.31. The van der Waals surface area contributed by atoms with Crippen LogP contribution in [-0.4, -0.2) is 24.2 Å². The highest BCUT2D eigenvalue weighted by molar-refractivity contribution is 5.33. The fourth-order valence-electron chi connectivity index (χ4n) is 3.75. The van der Waals surface area contributed by atoms with Crippen LogP contribution in [0, 0.1) is 11.3 Å². The van der Waals surface area contributed by atoms with Gasteiger partial charge >= 0.3 is 0 Å². The first-order valence-electron chi connectivity index (χ1n) is 11.2. The van der Waals surface area contributed by atoms with Crippen LogP contribution in [-0.2, 0) is 24.2 Å². The Bertz CT molecular complexity index is 892. The van der Waals surface area contributed by atoms with Crippen LogP contribution in [0.3, 0.4) is 0 Å². The summed E-state index contributed by atoms with van der Waals surface area (Å²) in [5.41, 5.74) is 4.47. The van der Waals surface area contributed by atoms with Crippen molar-refractivity contribution >= 4 is 0 Å². The molecule has 0 heterocycles. The minimum atomic E-state index is 0.214. The molecular formula is C28H32N2O. The van der Waals surface area contributed by atoms with Gasteiger partial charge in [-0.15, -0.1) is 0 Å². The largest absolute Gasteiger partial charge is 0.380 e. The Labute approximate surface area is 186 Å². The van der Waals surface area contributed by atoms with Crippen molar-refractivity contribution < 1.29 is 4.74 Å². The van der Waals surface area contributed by atoms with Crippen LogP contribution < -0.4 is 0 Å². The summed E-state index contributed by atoms with van der Waals surface area (Å²) in [5, 5.41) is 9.31. The standard InChI is InChI=1S/C28H32N2O/c1-2-3-17-31-23-28(19-26-15-10-16-27(18-26)20-29)30(21-24-11-6-4-7-12-24)22-25-13-8-5-9-14-25/h4-16,18,28H,2-3,17,19,21-23H2,1H3/t28-/m0/s1.